The van der Waals surface area contributed by atoms with Gasteiger partial charge in [0.1, 0.15) is 17.7 Å². The number of aryl methyl sites for hydroxylation is 2. The number of anilines is 1. The number of amides is 1. The molecule has 0 bridgehead atoms. The molecule has 11 nitrogen and oxygen atoms in total. The van der Waals surface area contributed by atoms with Crippen LogP contribution in [0.25, 0.3) is 16.8 Å². The van der Waals surface area contributed by atoms with E-state index in [1.807, 2.05) is 4.90 Å². The number of hydrogen-bond donors (Lipinski definition) is 2. The fourth-order valence-electron chi connectivity index (χ4n) is 6.61. The van der Waals surface area contributed by atoms with Crippen molar-refractivity contribution in [2.75, 3.05) is 38.6 Å². The van der Waals surface area contributed by atoms with Gasteiger partial charge in [0, 0.05) is 57.1 Å². The fourth-order valence-corrected chi connectivity index (χ4v) is 6.61. The molecule has 2 atom stereocenters. The number of carbonyl (C=O) groups excluding carboxylic acids is 1. The largest absolute Gasteiger partial charge is 0.480 e. The van der Waals surface area contributed by atoms with Crippen molar-refractivity contribution >= 4 is 17.7 Å². The predicted molar refractivity (Wildman–Crippen MR) is 176 cm³/mol. The summed E-state index contributed by atoms with van der Waals surface area (Å²) in [6.07, 6.45) is -3.62. The topological polar surface area (TPSA) is 126 Å². The maximum atomic E-state index is 14.9. The van der Waals surface area contributed by atoms with Crippen molar-refractivity contribution in [1.82, 2.24) is 30.0 Å². The summed E-state index contributed by atoms with van der Waals surface area (Å²) in [6, 6.07) is 14.0. The summed E-state index contributed by atoms with van der Waals surface area (Å²) < 4.78 is 51.9. The van der Waals surface area contributed by atoms with Crippen molar-refractivity contribution < 1.29 is 32.6 Å². The lowest BCUT2D eigenvalue weighted by atomic mass is 9.76. The number of alkyl halides is 3. The Morgan fingerprint density at radius 3 is 2.31 bits per heavy atom. The molecule has 0 radical (unpaired) electrons. The van der Waals surface area contributed by atoms with Gasteiger partial charge in [-0.05, 0) is 73.9 Å². The summed E-state index contributed by atoms with van der Waals surface area (Å²) in [6.45, 7) is 5.11. The molecule has 4 heterocycles. The zero-order valence-corrected chi connectivity index (χ0v) is 27.7. The van der Waals surface area contributed by atoms with Crippen molar-refractivity contribution in [3.05, 3.63) is 83.4 Å². The van der Waals surface area contributed by atoms with Crippen molar-refractivity contribution in [3.63, 3.8) is 0 Å². The summed E-state index contributed by atoms with van der Waals surface area (Å²) in [5, 5.41) is 16.9. The molecule has 2 saturated heterocycles. The summed E-state index contributed by atoms with van der Waals surface area (Å²) in [5.41, 5.74) is 2.34. The monoisotopic (exact) mass is 677 g/mol. The Labute approximate surface area is 281 Å². The smallest absolute Gasteiger partial charge is 0.429 e. The molecule has 1 amide bonds. The van der Waals surface area contributed by atoms with Crippen LogP contribution >= 0.6 is 0 Å². The van der Waals surface area contributed by atoms with Gasteiger partial charge in [0.2, 0.25) is 12.0 Å². The number of aromatic nitrogens is 4. The quantitative estimate of drug-likeness (QED) is 0.254. The number of benzene rings is 2. The van der Waals surface area contributed by atoms with Crippen LogP contribution in [-0.4, -0.2) is 87.6 Å². The highest BCUT2D eigenvalue weighted by Crippen LogP contribution is 2.42. The van der Waals surface area contributed by atoms with E-state index in [4.69, 9.17) is 4.74 Å². The number of piperidine rings is 1. The summed E-state index contributed by atoms with van der Waals surface area (Å²) in [4.78, 5) is 36.0. The van der Waals surface area contributed by atoms with Gasteiger partial charge in [0.05, 0.1) is 11.4 Å². The van der Waals surface area contributed by atoms with E-state index in [0.717, 1.165) is 12.8 Å². The average molecular weight is 678 g/mol. The number of nitrogens with zero attached hydrogens (tertiary/aromatic N) is 6. The van der Waals surface area contributed by atoms with Gasteiger partial charge in [-0.3, -0.25) is 9.59 Å². The standard InChI is InChI=1S/C35H38F3N7O4/c1-21-11-14-45(42-21)28-17-25(23-5-7-24(8-6-23)32(46)43(3)4)9-10-26(28)31(35(36,37)38)49-30-18-29(40-22(2)41-30)44-15-12-34(13-16-44)19-27(33(47)48)39-20-34/h5-11,14,17-18,27,31,39H,12-13,15-16,19-20H2,1-4H3,(H,47,48)/t27?,31-/m1/s1. The minimum absolute atomic E-state index is 0.137. The zero-order chi connectivity index (χ0) is 35.1. The van der Waals surface area contributed by atoms with E-state index in [9.17, 15) is 27.9 Å². The number of rotatable bonds is 8. The molecule has 2 fully saturated rings. The molecule has 2 aromatic heterocycles. The van der Waals surface area contributed by atoms with E-state index < -0.39 is 24.3 Å². The van der Waals surface area contributed by atoms with Gasteiger partial charge < -0.3 is 25.0 Å². The third-order valence-electron chi connectivity index (χ3n) is 9.30. The lowest BCUT2D eigenvalue weighted by molar-refractivity contribution is -0.198. The molecule has 4 aromatic rings. The van der Waals surface area contributed by atoms with Crippen molar-refractivity contribution in [2.24, 2.45) is 5.41 Å². The zero-order valence-electron chi connectivity index (χ0n) is 27.7. The van der Waals surface area contributed by atoms with E-state index in [1.165, 1.54) is 21.7 Å². The Morgan fingerprint density at radius 2 is 1.71 bits per heavy atom. The van der Waals surface area contributed by atoms with Crippen LogP contribution in [-0.2, 0) is 4.79 Å². The normalized spacial score (nSPS) is 18.0. The Morgan fingerprint density at radius 1 is 1.02 bits per heavy atom. The third-order valence-corrected chi connectivity index (χ3v) is 9.30. The highest BCUT2D eigenvalue weighted by molar-refractivity contribution is 5.94. The second kappa shape index (κ2) is 13.1. The highest BCUT2D eigenvalue weighted by atomic mass is 19.4. The van der Waals surface area contributed by atoms with Crippen molar-refractivity contribution in [1.29, 1.82) is 0 Å². The first-order valence-corrected chi connectivity index (χ1v) is 16.0. The molecule has 1 spiro atoms. The molecule has 6 rings (SSSR count). The number of carbonyl (C=O) groups is 2. The number of carboxylic acids is 1. The van der Waals surface area contributed by atoms with Crippen LogP contribution in [0.5, 0.6) is 5.88 Å². The first kappa shape index (κ1) is 33.9. The number of aliphatic carboxylic acids is 1. The van der Waals surface area contributed by atoms with Gasteiger partial charge in [-0.15, -0.1) is 0 Å². The third kappa shape index (κ3) is 7.24. The van der Waals surface area contributed by atoms with Gasteiger partial charge in [-0.25, -0.2) is 9.67 Å². The number of nitrogens with one attached hydrogen (secondary N) is 1. The SMILES string of the molecule is Cc1ccn(-c2cc(-c3ccc(C(=O)N(C)C)cc3)ccc2[C@@H](Oc2cc(N3CCC4(CC3)CNC(C(=O)O)C4)nc(C)n2)C(F)(F)F)n1. The molecular weight excluding hydrogens is 639 g/mol. The maximum Gasteiger partial charge on any atom is 0.429 e. The molecule has 2 aromatic carbocycles. The molecule has 2 aliphatic heterocycles. The van der Waals surface area contributed by atoms with Crippen LogP contribution < -0.4 is 15.0 Å². The molecule has 0 saturated carbocycles. The summed E-state index contributed by atoms with van der Waals surface area (Å²) >= 11 is 0. The van der Waals surface area contributed by atoms with Crippen LogP contribution in [0.3, 0.4) is 0 Å². The van der Waals surface area contributed by atoms with Crippen LogP contribution in [0, 0.1) is 19.3 Å². The van der Waals surface area contributed by atoms with E-state index in [-0.39, 0.29) is 34.3 Å². The fraction of sp³-hybridized carbons (Fsp3) is 0.400. The van der Waals surface area contributed by atoms with Gasteiger partial charge in [0.25, 0.3) is 5.91 Å². The van der Waals surface area contributed by atoms with E-state index in [0.29, 0.717) is 54.3 Å². The molecule has 49 heavy (non-hydrogen) atoms. The van der Waals surface area contributed by atoms with Crippen LogP contribution in [0.15, 0.2) is 60.8 Å². The molecule has 1 unspecified atom stereocenters. The van der Waals surface area contributed by atoms with E-state index in [2.05, 4.69) is 20.4 Å². The predicted octanol–water partition coefficient (Wildman–Crippen LogP) is 5.36. The molecule has 14 heteroatoms. The van der Waals surface area contributed by atoms with Crippen molar-refractivity contribution in [3.8, 4) is 22.7 Å². The molecule has 258 valence electrons. The van der Waals surface area contributed by atoms with E-state index in [1.54, 1.807) is 76.6 Å². The highest BCUT2D eigenvalue weighted by Gasteiger charge is 2.46. The first-order chi connectivity index (χ1) is 23.2. The number of ether oxygens (including phenoxy) is 1. The minimum atomic E-state index is -4.82. The first-order valence-electron chi connectivity index (χ1n) is 16.0. The molecule has 0 aliphatic carbocycles. The Hall–Kier alpha value is -4.98. The number of hydrogen-bond acceptors (Lipinski definition) is 8. The average Bonchev–Trinajstić information content (AvgIpc) is 3.69. The molecule has 2 aliphatic rings. The Balaban J connectivity index is 1.30. The van der Waals surface area contributed by atoms with Gasteiger partial charge >= 0.3 is 12.1 Å². The van der Waals surface area contributed by atoms with Crippen LogP contribution in [0.2, 0.25) is 0 Å². The second-order valence-corrected chi connectivity index (χ2v) is 13.1. The van der Waals surface area contributed by atoms with Gasteiger partial charge in [-0.2, -0.15) is 23.3 Å². The lowest BCUT2D eigenvalue weighted by Crippen LogP contribution is -2.41. The van der Waals surface area contributed by atoms with E-state index >= 15 is 0 Å². The van der Waals surface area contributed by atoms with Crippen molar-refractivity contribution in [2.45, 2.75) is 51.4 Å². The second-order valence-electron chi connectivity index (χ2n) is 13.1. The maximum absolute atomic E-state index is 14.9. The minimum Gasteiger partial charge on any atom is -0.480 e. The van der Waals surface area contributed by atoms with Crippen LogP contribution in [0.4, 0.5) is 19.0 Å². The van der Waals surface area contributed by atoms with Gasteiger partial charge in [-0.1, -0.05) is 24.3 Å². The Kier molecular flexibility index (Phi) is 9.09. The Bertz CT molecular complexity index is 1850. The summed E-state index contributed by atoms with van der Waals surface area (Å²) in [5.74, 6) is -0.525. The van der Waals surface area contributed by atoms with Crippen LogP contribution in [0.1, 0.15) is 52.8 Å². The van der Waals surface area contributed by atoms with Gasteiger partial charge in [0.15, 0.2) is 0 Å². The molecule has 2 N–H and O–H groups in total. The molecular formula is C35H38F3N7O4. The lowest BCUT2D eigenvalue weighted by Gasteiger charge is -2.39. The number of halogens is 3. The summed E-state index contributed by atoms with van der Waals surface area (Å²) in [7, 11) is 3.32. The number of carboxylic acid groups (broad SMARTS) is 1.